The number of anilines is 2. The Bertz CT molecular complexity index is 558. The molecule has 23 heavy (non-hydrogen) atoms. The monoisotopic (exact) mass is 321 g/mol. The molecule has 0 spiro atoms. The van der Waals surface area contributed by atoms with Gasteiger partial charge < -0.3 is 15.0 Å². The fourth-order valence-corrected chi connectivity index (χ4v) is 3.02. The van der Waals surface area contributed by atoms with E-state index < -0.39 is 4.92 Å². The van der Waals surface area contributed by atoms with E-state index in [1.807, 2.05) is 0 Å². The maximum absolute atomic E-state index is 11.2. The van der Waals surface area contributed by atoms with Crippen molar-refractivity contribution in [2.45, 2.75) is 50.6 Å². The van der Waals surface area contributed by atoms with Gasteiger partial charge in [-0.1, -0.05) is 12.8 Å². The maximum Gasteiger partial charge on any atom is 0.329 e. The Kier molecular flexibility index (Phi) is 4.90. The second-order valence-corrected chi connectivity index (χ2v) is 6.20. The molecule has 1 aromatic heterocycles. The van der Waals surface area contributed by atoms with E-state index in [4.69, 9.17) is 4.74 Å². The summed E-state index contributed by atoms with van der Waals surface area (Å²) in [6, 6.07) is 0.690. The predicted molar refractivity (Wildman–Crippen MR) is 86.8 cm³/mol. The molecule has 0 saturated heterocycles. The van der Waals surface area contributed by atoms with Gasteiger partial charge in [0.15, 0.2) is 0 Å². The van der Waals surface area contributed by atoms with Crippen molar-refractivity contribution in [2.75, 3.05) is 30.5 Å². The summed E-state index contributed by atoms with van der Waals surface area (Å²) in [6.45, 7) is 1.28. The fourth-order valence-electron chi connectivity index (χ4n) is 3.02. The van der Waals surface area contributed by atoms with Crippen molar-refractivity contribution >= 4 is 17.5 Å². The van der Waals surface area contributed by atoms with E-state index in [1.54, 1.807) is 7.11 Å². The highest BCUT2D eigenvalue weighted by Gasteiger charge is 2.29. The van der Waals surface area contributed by atoms with E-state index >= 15 is 0 Å². The Morgan fingerprint density at radius 2 is 2.13 bits per heavy atom. The number of nitrogens with one attached hydrogen (secondary N) is 1. The molecule has 8 nitrogen and oxygen atoms in total. The molecule has 1 heterocycles. The Morgan fingerprint density at radius 3 is 2.74 bits per heavy atom. The summed E-state index contributed by atoms with van der Waals surface area (Å²) < 4.78 is 5.20. The topological polar surface area (TPSA) is 93.4 Å². The molecule has 2 fully saturated rings. The second-order valence-electron chi connectivity index (χ2n) is 6.20. The van der Waals surface area contributed by atoms with E-state index in [2.05, 4.69) is 20.2 Å². The minimum Gasteiger partial charge on any atom is -0.383 e. The van der Waals surface area contributed by atoms with Crippen LogP contribution in [0.5, 0.6) is 0 Å². The normalized spacial score (nSPS) is 18.1. The van der Waals surface area contributed by atoms with E-state index in [-0.39, 0.29) is 5.69 Å². The third-order valence-electron chi connectivity index (χ3n) is 4.43. The number of rotatable bonds is 8. The van der Waals surface area contributed by atoms with Crippen LogP contribution in [0.2, 0.25) is 0 Å². The van der Waals surface area contributed by atoms with Crippen molar-refractivity contribution in [1.82, 2.24) is 9.97 Å². The van der Waals surface area contributed by atoms with Crippen LogP contribution in [0.4, 0.5) is 17.5 Å². The lowest BCUT2D eigenvalue weighted by atomic mass is 10.2. The van der Waals surface area contributed by atoms with Crippen LogP contribution in [0.25, 0.3) is 0 Å². The Morgan fingerprint density at radius 1 is 1.39 bits per heavy atom. The van der Waals surface area contributed by atoms with Gasteiger partial charge in [0.25, 0.3) is 0 Å². The zero-order valence-electron chi connectivity index (χ0n) is 13.4. The number of nitrogens with zero attached hydrogens (tertiary/aromatic N) is 4. The quantitative estimate of drug-likeness (QED) is 0.580. The van der Waals surface area contributed by atoms with Gasteiger partial charge in [0, 0.05) is 25.7 Å². The lowest BCUT2D eigenvalue weighted by Gasteiger charge is -2.28. The minimum absolute atomic E-state index is 0.0567. The van der Waals surface area contributed by atoms with Crippen LogP contribution >= 0.6 is 0 Å². The molecular formula is C15H23N5O3. The van der Waals surface area contributed by atoms with Crippen molar-refractivity contribution in [3.63, 3.8) is 0 Å². The molecule has 0 amide bonds. The molecule has 8 heteroatoms. The highest BCUT2D eigenvalue weighted by atomic mass is 16.6. The zero-order valence-corrected chi connectivity index (χ0v) is 13.4. The van der Waals surface area contributed by atoms with Gasteiger partial charge in [-0.15, -0.1) is 0 Å². The SMILES string of the molecule is COCCN(c1ncc([N+](=O)[O-])c(NC2CC2)n1)C1CCCC1. The molecule has 0 aliphatic heterocycles. The van der Waals surface area contributed by atoms with Crippen LogP contribution in [0.1, 0.15) is 38.5 Å². The number of hydrogen-bond donors (Lipinski definition) is 1. The Balaban J connectivity index is 1.86. The third-order valence-corrected chi connectivity index (χ3v) is 4.43. The first-order valence-corrected chi connectivity index (χ1v) is 8.22. The molecule has 3 rings (SSSR count). The molecule has 2 aliphatic rings. The lowest BCUT2D eigenvalue weighted by Crippen LogP contribution is -2.37. The predicted octanol–water partition coefficient (Wildman–Crippen LogP) is 2.35. The van der Waals surface area contributed by atoms with Gasteiger partial charge in [-0.2, -0.15) is 4.98 Å². The van der Waals surface area contributed by atoms with Crippen LogP contribution in [0.15, 0.2) is 6.20 Å². The fraction of sp³-hybridized carbons (Fsp3) is 0.733. The molecule has 1 N–H and O–H groups in total. The summed E-state index contributed by atoms with van der Waals surface area (Å²) in [5.41, 5.74) is -0.0567. The number of methoxy groups -OCH3 is 1. The number of nitro groups is 1. The van der Waals surface area contributed by atoms with Gasteiger partial charge in [-0.3, -0.25) is 10.1 Å². The highest BCUT2D eigenvalue weighted by molar-refractivity contribution is 5.58. The summed E-state index contributed by atoms with van der Waals surface area (Å²) >= 11 is 0. The van der Waals surface area contributed by atoms with E-state index in [0.29, 0.717) is 37.0 Å². The van der Waals surface area contributed by atoms with E-state index in [9.17, 15) is 10.1 Å². The highest BCUT2D eigenvalue weighted by Crippen LogP contribution is 2.32. The van der Waals surface area contributed by atoms with Crippen molar-refractivity contribution < 1.29 is 9.66 Å². The van der Waals surface area contributed by atoms with Gasteiger partial charge in [-0.05, 0) is 25.7 Å². The average Bonchev–Trinajstić information content (AvgIpc) is 3.19. The zero-order chi connectivity index (χ0) is 16.2. The Hall–Kier alpha value is -1.96. The number of ether oxygens (including phenoxy) is 1. The van der Waals surface area contributed by atoms with Gasteiger partial charge >= 0.3 is 5.69 Å². The van der Waals surface area contributed by atoms with Gasteiger partial charge in [-0.25, -0.2) is 4.98 Å². The third kappa shape index (κ3) is 3.87. The minimum atomic E-state index is -0.427. The summed E-state index contributed by atoms with van der Waals surface area (Å²) in [5, 5.41) is 14.3. The summed E-state index contributed by atoms with van der Waals surface area (Å²) in [6.07, 6.45) is 8.01. The van der Waals surface area contributed by atoms with Crippen molar-refractivity contribution in [1.29, 1.82) is 0 Å². The molecule has 126 valence electrons. The van der Waals surface area contributed by atoms with Gasteiger partial charge in [0.2, 0.25) is 11.8 Å². The first-order valence-electron chi connectivity index (χ1n) is 8.22. The first-order chi connectivity index (χ1) is 11.2. The summed E-state index contributed by atoms with van der Waals surface area (Å²) in [7, 11) is 1.67. The molecular weight excluding hydrogens is 298 g/mol. The number of hydrogen-bond acceptors (Lipinski definition) is 7. The molecule has 0 atom stereocenters. The first kappa shape index (κ1) is 15.9. The lowest BCUT2D eigenvalue weighted by molar-refractivity contribution is -0.384. The Labute approximate surface area is 135 Å². The standard InChI is InChI=1S/C15H23N5O3/c1-23-9-8-19(12-4-2-3-5-12)15-16-10-13(20(21)22)14(18-15)17-11-6-7-11/h10-12H,2-9H2,1H3,(H,16,17,18). The molecule has 2 aliphatic carbocycles. The van der Waals surface area contributed by atoms with Crippen LogP contribution in [-0.2, 0) is 4.74 Å². The van der Waals surface area contributed by atoms with Crippen LogP contribution in [0.3, 0.4) is 0 Å². The van der Waals surface area contributed by atoms with Crippen molar-refractivity contribution in [2.24, 2.45) is 0 Å². The van der Waals surface area contributed by atoms with E-state index in [0.717, 1.165) is 25.7 Å². The largest absolute Gasteiger partial charge is 0.383 e. The van der Waals surface area contributed by atoms with Crippen LogP contribution in [0, 0.1) is 10.1 Å². The number of aromatic nitrogens is 2. The summed E-state index contributed by atoms with van der Waals surface area (Å²) in [4.78, 5) is 21.6. The average molecular weight is 321 g/mol. The van der Waals surface area contributed by atoms with Crippen LogP contribution < -0.4 is 10.2 Å². The van der Waals surface area contributed by atoms with E-state index in [1.165, 1.54) is 19.0 Å². The molecule has 0 bridgehead atoms. The maximum atomic E-state index is 11.2. The smallest absolute Gasteiger partial charge is 0.329 e. The van der Waals surface area contributed by atoms with Gasteiger partial charge in [0.05, 0.1) is 11.5 Å². The molecule has 2 saturated carbocycles. The van der Waals surface area contributed by atoms with Crippen LogP contribution in [-0.4, -0.2) is 47.2 Å². The summed E-state index contributed by atoms with van der Waals surface area (Å²) in [5.74, 6) is 0.894. The van der Waals surface area contributed by atoms with Crippen molar-refractivity contribution in [3.8, 4) is 0 Å². The molecule has 0 aromatic carbocycles. The van der Waals surface area contributed by atoms with Crippen molar-refractivity contribution in [3.05, 3.63) is 16.3 Å². The second kappa shape index (κ2) is 7.08. The molecule has 0 radical (unpaired) electrons. The molecule has 0 unspecified atom stereocenters. The van der Waals surface area contributed by atoms with Gasteiger partial charge in [0.1, 0.15) is 6.20 Å². The molecule has 1 aromatic rings.